The Bertz CT molecular complexity index is 1590. The number of rotatable bonds is 5. The van der Waals surface area contributed by atoms with Crippen molar-refractivity contribution in [2.75, 3.05) is 20.1 Å². The van der Waals surface area contributed by atoms with Gasteiger partial charge in [0.1, 0.15) is 18.0 Å². The van der Waals surface area contributed by atoms with Crippen molar-refractivity contribution in [2.24, 2.45) is 0 Å². The molecule has 2 atom stereocenters. The number of carbonyl (C=O) groups is 3. The lowest BCUT2D eigenvalue weighted by atomic mass is 9.97. The third-order valence-electron chi connectivity index (χ3n) is 7.75. The van der Waals surface area contributed by atoms with E-state index in [1.807, 2.05) is 72.8 Å². The second-order valence-corrected chi connectivity index (χ2v) is 10.4. The van der Waals surface area contributed by atoms with Gasteiger partial charge in [0.25, 0.3) is 5.91 Å². The van der Waals surface area contributed by atoms with Crippen LogP contribution in [0.15, 0.2) is 97.1 Å². The molecule has 0 bridgehead atoms. The molecule has 1 N–H and O–H groups in total. The highest BCUT2D eigenvalue weighted by molar-refractivity contribution is 5.93. The molecule has 208 valence electrons. The van der Waals surface area contributed by atoms with E-state index in [-0.39, 0.29) is 37.3 Å². The number of nitrogens with zero attached hydrogens (tertiary/aromatic N) is 4. The Balaban J connectivity index is 1.35. The number of carbonyl (C=O) groups excluding carboxylic acids is 3. The molecule has 6 rings (SSSR count). The van der Waals surface area contributed by atoms with E-state index in [0.29, 0.717) is 12.1 Å². The number of piperazine rings is 1. The van der Waals surface area contributed by atoms with Crippen LogP contribution in [0.25, 0.3) is 10.8 Å². The Morgan fingerprint density at radius 1 is 0.902 bits per heavy atom. The fourth-order valence-corrected chi connectivity index (χ4v) is 5.79. The Morgan fingerprint density at radius 2 is 1.61 bits per heavy atom. The minimum absolute atomic E-state index is 0.0552. The molecule has 2 heterocycles. The maximum atomic E-state index is 14.1. The Kier molecular flexibility index (Phi) is 7.11. The molecule has 9 heteroatoms. The predicted octanol–water partition coefficient (Wildman–Crippen LogP) is 4.29. The van der Waals surface area contributed by atoms with E-state index >= 15 is 0 Å². The van der Waals surface area contributed by atoms with Crippen LogP contribution >= 0.6 is 0 Å². The first-order chi connectivity index (χ1) is 19.9. The summed E-state index contributed by atoms with van der Waals surface area (Å²) in [6, 6.07) is 27.9. The number of likely N-dealkylation sites (N-methyl/N-ethyl adjacent to an activating group) is 1. The summed E-state index contributed by atoms with van der Waals surface area (Å²) in [6.07, 6.45) is -0.729. The number of hydrogen-bond donors (Lipinski definition) is 1. The van der Waals surface area contributed by atoms with Crippen LogP contribution in [-0.2, 0) is 22.7 Å². The van der Waals surface area contributed by atoms with E-state index in [9.17, 15) is 18.8 Å². The Hall–Kier alpha value is -4.76. The van der Waals surface area contributed by atoms with E-state index in [1.165, 1.54) is 17.1 Å². The zero-order valence-electron chi connectivity index (χ0n) is 22.6. The summed E-state index contributed by atoms with van der Waals surface area (Å²) >= 11 is 0. The molecule has 0 radical (unpaired) electrons. The van der Waals surface area contributed by atoms with Gasteiger partial charge in [-0.05, 0) is 39.6 Å². The zero-order valence-corrected chi connectivity index (χ0v) is 22.6. The first-order valence-corrected chi connectivity index (χ1v) is 13.5. The van der Waals surface area contributed by atoms with Crippen molar-refractivity contribution >= 4 is 28.6 Å². The van der Waals surface area contributed by atoms with Crippen molar-refractivity contribution < 1.29 is 18.8 Å². The summed E-state index contributed by atoms with van der Waals surface area (Å²) in [5.74, 6) is -0.771. The maximum absolute atomic E-state index is 14.1. The minimum Gasteiger partial charge on any atom is -0.333 e. The topological polar surface area (TPSA) is 76.2 Å². The molecule has 2 saturated heterocycles. The molecule has 8 nitrogen and oxygen atoms in total. The number of fused-ring (bicyclic) bond motifs is 2. The number of hydrogen-bond acceptors (Lipinski definition) is 4. The van der Waals surface area contributed by atoms with Crippen LogP contribution in [0.4, 0.5) is 9.18 Å². The van der Waals surface area contributed by atoms with Crippen molar-refractivity contribution in [1.29, 1.82) is 0 Å². The van der Waals surface area contributed by atoms with Crippen molar-refractivity contribution in [3.05, 3.63) is 120 Å². The van der Waals surface area contributed by atoms with Crippen molar-refractivity contribution in [3.8, 4) is 0 Å². The highest BCUT2D eigenvalue weighted by Crippen LogP contribution is 2.35. The maximum Gasteiger partial charge on any atom is 0.334 e. The van der Waals surface area contributed by atoms with E-state index in [4.69, 9.17) is 0 Å². The van der Waals surface area contributed by atoms with Crippen molar-refractivity contribution in [1.82, 2.24) is 25.1 Å². The van der Waals surface area contributed by atoms with Crippen molar-refractivity contribution in [2.45, 2.75) is 25.3 Å². The summed E-state index contributed by atoms with van der Waals surface area (Å²) in [5.41, 5.74) is 2.42. The van der Waals surface area contributed by atoms with Gasteiger partial charge in [-0.3, -0.25) is 9.59 Å². The molecule has 2 fully saturated rings. The number of hydrazine groups is 1. The summed E-state index contributed by atoms with van der Waals surface area (Å²) in [5, 5.41) is 8.14. The fraction of sp³-hybridized carbons (Fsp3) is 0.219. The fourth-order valence-electron chi connectivity index (χ4n) is 5.79. The van der Waals surface area contributed by atoms with Gasteiger partial charge in [-0.25, -0.2) is 19.2 Å². The van der Waals surface area contributed by atoms with Crippen LogP contribution in [-0.4, -0.2) is 64.0 Å². The highest BCUT2D eigenvalue weighted by atomic mass is 19.1. The highest BCUT2D eigenvalue weighted by Gasteiger charge is 2.51. The first-order valence-electron chi connectivity index (χ1n) is 13.5. The quantitative estimate of drug-likeness (QED) is 0.402. The number of halogens is 1. The van der Waals surface area contributed by atoms with Crippen LogP contribution < -0.4 is 5.32 Å². The predicted molar refractivity (Wildman–Crippen MR) is 152 cm³/mol. The van der Waals surface area contributed by atoms with Gasteiger partial charge in [0.15, 0.2) is 0 Å². The number of nitrogens with one attached hydrogen (secondary N) is 1. The monoisotopic (exact) mass is 551 g/mol. The smallest absolute Gasteiger partial charge is 0.333 e. The molecular formula is C32H30FN5O3. The average molecular weight is 552 g/mol. The van der Waals surface area contributed by atoms with Gasteiger partial charge in [0.2, 0.25) is 5.91 Å². The first kappa shape index (κ1) is 26.5. The van der Waals surface area contributed by atoms with Crippen LogP contribution in [0.3, 0.4) is 0 Å². The molecule has 0 spiro atoms. The zero-order chi connectivity index (χ0) is 28.5. The lowest BCUT2D eigenvalue weighted by Crippen LogP contribution is -2.73. The van der Waals surface area contributed by atoms with Crippen molar-refractivity contribution in [3.63, 3.8) is 0 Å². The SMILES string of the molecule is CN1CC(=O)N2[C@@H](c3ccccc3)C(=O)N(Cc3cccc4ccccc34)C[C@@H]2N1C(=O)NCc1ccc(F)cc1. The largest absolute Gasteiger partial charge is 0.334 e. The molecule has 0 aromatic heterocycles. The van der Waals surface area contributed by atoms with Gasteiger partial charge in [0, 0.05) is 20.1 Å². The molecule has 4 amide bonds. The van der Waals surface area contributed by atoms with Crippen LogP contribution in [0.5, 0.6) is 0 Å². The second-order valence-electron chi connectivity index (χ2n) is 10.4. The van der Waals surface area contributed by atoms with E-state index < -0.39 is 18.2 Å². The van der Waals surface area contributed by atoms with Gasteiger partial charge < -0.3 is 15.1 Å². The molecule has 4 aromatic rings. The van der Waals surface area contributed by atoms with Gasteiger partial charge in [-0.1, -0.05) is 84.9 Å². The third-order valence-corrected chi connectivity index (χ3v) is 7.75. The average Bonchev–Trinajstić information content (AvgIpc) is 2.98. The summed E-state index contributed by atoms with van der Waals surface area (Å²) in [7, 11) is 1.69. The van der Waals surface area contributed by atoms with Crippen LogP contribution in [0.1, 0.15) is 22.7 Å². The Morgan fingerprint density at radius 3 is 2.39 bits per heavy atom. The lowest BCUT2D eigenvalue weighted by Gasteiger charge is -2.54. The molecular weight excluding hydrogens is 521 g/mol. The molecule has 0 unspecified atom stereocenters. The van der Waals surface area contributed by atoms with Gasteiger partial charge in [-0.15, -0.1) is 0 Å². The Labute approximate surface area is 237 Å². The molecule has 2 aliphatic heterocycles. The number of amides is 4. The van der Waals surface area contributed by atoms with Crippen LogP contribution in [0.2, 0.25) is 0 Å². The number of urea groups is 1. The summed E-state index contributed by atoms with van der Waals surface area (Å²) < 4.78 is 13.4. The van der Waals surface area contributed by atoms with Gasteiger partial charge in [-0.2, -0.15) is 0 Å². The van der Waals surface area contributed by atoms with Gasteiger partial charge >= 0.3 is 6.03 Å². The second kappa shape index (κ2) is 11.0. The molecule has 41 heavy (non-hydrogen) atoms. The third kappa shape index (κ3) is 5.12. The standard InChI is InChI=1S/C32H30FN5O3/c1-35-21-29(39)37-28(38(35)32(41)34-18-22-14-16-26(33)17-15-22)20-36(31(40)30(37)24-9-3-2-4-10-24)19-25-12-7-11-23-8-5-6-13-27(23)25/h2-17,28,30H,18-21H2,1H3,(H,34,41)/t28-,30-/m0/s1. The molecule has 4 aromatic carbocycles. The molecule has 0 saturated carbocycles. The van der Waals surface area contributed by atoms with Crippen LogP contribution in [0, 0.1) is 5.82 Å². The van der Waals surface area contributed by atoms with E-state index in [2.05, 4.69) is 5.32 Å². The van der Waals surface area contributed by atoms with E-state index in [0.717, 1.165) is 21.9 Å². The van der Waals surface area contributed by atoms with E-state index in [1.54, 1.807) is 34.0 Å². The molecule has 0 aliphatic carbocycles. The molecule has 2 aliphatic rings. The lowest BCUT2D eigenvalue weighted by molar-refractivity contribution is -0.188. The minimum atomic E-state index is -0.876. The summed E-state index contributed by atoms with van der Waals surface area (Å²) in [6.45, 7) is 0.605. The summed E-state index contributed by atoms with van der Waals surface area (Å²) in [4.78, 5) is 44.6. The normalized spacial score (nSPS) is 19.4. The van der Waals surface area contributed by atoms with Gasteiger partial charge in [0.05, 0.1) is 13.1 Å². The number of benzene rings is 4.